The molecule has 4 nitrogen and oxygen atoms in total. The molecule has 1 aliphatic rings. The van der Waals surface area contributed by atoms with Gasteiger partial charge in [-0.15, -0.1) is 0 Å². The largest absolute Gasteiger partial charge is 0.409 e. The van der Waals surface area contributed by atoms with Crippen LogP contribution in [0.2, 0.25) is 0 Å². The van der Waals surface area contributed by atoms with E-state index in [0.717, 1.165) is 5.01 Å². The van der Waals surface area contributed by atoms with Gasteiger partial charge in [-0.1, -0.05) is 30.3 Å². The van der Waals surface area contributed by atoms with Crippen LogP contribution in [-0.2, 0) is 4.79 Å². The molecule has 1 atom stereocenters. The zero-order chi connectivity index (χ0) is 18.4. The van der Waals surface area contributed by atoms with Gasteiger partial charge in [-0.3, -0.25) is 10.2 Å². The summed E-state index contributed by atoms with van der Waals surface area (Å²) in [6.07, 6.45) is -4.73. The van der Waals surface area contributed by atoms with E-state index in [1.165, 1.54) is 6.07 Å². The van der Waals surface area contributed by atoms with Crippen molar-refractivity contribution in [2.24, 2.45) is 0 Å². The second kappa shape index (κ2) is 5.74. The average molecular weight is 347 g/mol. The Morgan fingerprint density at radius 3 is 2.48 bits per heavy atom. The van der Waals surface area contributed by atoms with E-state index in [1.54, 1.807) is 44.2 Å². The molecular formula is C18H16F3N3O. The summed E-state index contributed by atoms with van der Waals surface area (Å²) in [5.74, 6) is -0.474. The number of nitrogens with zero attached hydrogens (tertiary/aromatic N) is 2. The summed E-state index contributed by atoms with van der Waals surface area (Å²) < 4.78 is 42.2. The molecule has 0 bridgehead atoms. The maximum absolute atomic E-state index is 14.1. The normalized spacial score (nSPS) is 18.8. The van der Waals surface area contributed by atoms with Crippen molar-refractivity contribution in [3.63, 3.8) is 0 Å². The number of hydrogen-bond donors (Lipinski definition) is 1. The van der Waals surface area contributed by atoms with Crippen molar-refractivity contribution in [3.05, 3.63) is 47.5 Å². The van der Waals surface area contributed by atoms with Gasteiger partial charge >= 0.3 is 6.18 Å². The van der Waals surface area contributed by atoms with E-state index < -0.39 is 23.7 Å². The molecule has 25 heavy (non-hydrogen) atoms. The first-order valence-corrected chi connectivity index (χ1v) is 7.72. The lowest BCUT2D eigenvalue weighted by Crippen LogP contribution is -2.51. The van der Waals surface area contributed by atoms with Crippen LogP contribution >= 0.6 is 0 Å². The van der Waals surface area contributed by atoms with Gasteiger partial charge in [-0.05, 0) is 30.7 Å². The number of halogens is 3. The first-order valence-electron chi connectivity index (χ1n) is 7.72. The maximum atomic E-state index is 14.1. The summed E-state index contributed by atoms with van der Waals surface area (Å²) in [4.78, 5) is 11.8. The van der Waals surface area contributed by atoms with Crippen molar-refractivity contribution in [1.29, 1.82) is 5.26 Å². The van der Waals surface area contributed by atoms with Crippen molar-refractivity contribution < 1.29 is 18.0 Å². The number of alkyl halides is 3. The number of fused-ring (bicyclic) bond motifs is 1. The smallest absolute Gasteiger partial charge is 0.287 e. The van der Waals surface area contributed by atoms with Gasteiger partial charge in [0.25, 0.3) is 0 Å². The van der Waals surface area contributed by atoms with Crippen LogP contribution in [0.4, 0.5) is 13.2 Å². The lowest BCUT2D eigenvalue weighted by atomic mass is 9.90. The summed E-state index contributed by atoms with van der Waals surface area (Å²) in [6, 6.07) is 9.38. The van der Waals surface area contributed by atoms with Crippen molar-refractivity contribution in [2.75, 3.05) is 0 Å². The highest BCUT2D eigenvalue weighted by molar-refractivity contribution is 5.88. The Balaban J connectivity index is 2.31. The predicted octanol–water partition coefficient (Wildman–Crippen LogP) is 3.83. The molecule has 0 spiro atoms. The molecule has 7 heteroatoms. The lowest BCUT2D eigenvalue weighted by Gasteiger charge is -2.38. The Bertz CT molecular complexity index is 883. The van der Waals surface area contributed by atoms with Crippen LogP contribution in [0.3, 0.4) is 0 Å². The number of hydrazine groups is 1. The van der Waals surface area contributed by atoms with Crippen LogP contribution in [0, 0.1) is 11.3 Å². The Morgan fingerprint density at radius 2 is 1.92 bits per heavy atom. The number of nitriles is 1. The van der Waals surface area contributed by atoms with E-state index in [1.807, 2.05) is 6.07 Å². The minimum Gasteiger partial charge on any atom is -0.287 e. The molecule has 2 aromatic rings. The monoisotopic (exact) mass is 347 g/mol. The zero-order valence-electron chi connectivity index (χ0n) is 13.7. The molecule has 0 aliphatic carbocycles. The van der Waals surface area contributed by atoms with Crippen molar-refractivity contribution >= 4 is 16.7 Å². The molecule has 0 unspecified atom stereocenters. The Morgan fingerprint density at radius 1 is 1.24 bits per heavy atom. The third-order valence-corrected chi connectivity index (χ3v) is 4.42. The van der Waals surface area contributed by atoms with Crippen LogP contribution in [0.5, 0.6) is 0 Å². The minimum atomic E-state index is -4.68. The molecule has 0 radical (unpaired) electrons. The standard InChI is InChI=1S/C18H16F3N3O/c1-17(2)9-14(25)23-24(17)16(18(19,20)21)15-12(10-22)8-7-11-5-3-4-6-13(11)15/h3-8,16H,9H2,1-2H3,(H,23,25)/t16-/m0/s1. The second-order valence-corrected chi connectivity index (χ2v) is 6.70. The van der Waals surface area contributed by atoms with E-state index in [0.29, 0.717) is 10.8 Å². The summed E-state index contributed by atoms with van der Waals surface area (Å²) in [6.45, 7) is 3.14. The van der Waals surface area contributed by atoms with E-state index in [-0.39, 0.29) is 17.5 Å². The van der Waals surface area contributed by atoms with Crippen LogP contribution in [-0.4, -0.2) is 22.6 Å². The molecule has 1 amide bonds. The van der Waals surface area contributed by atoms with E-state index in [9.17, 15) is 23.2 Å². The first kappa shape index (κ1) is 17.2. The topological polar surface area (TPSA) is 56.1 Å². The summed E-state index contributed by atoms with van der Waals surface area (Å²) in [7, 11) is 0. The molecule has 1 fully saturated rings. The molecule has 130 valence electrons. The number of hydrogen-bond acceptors (Lipinski definition) is 3. The number of carbonyl (C=O) groups is 1. The SMILES string of the molecule is CC1(C)CC(=O)NN1[C@@H](c1c(C#N)ccc2ccccc12)C(F)(F)F. The predicted molar refractivity (Wildman–Crippen MR) is 86.1 cm³/mol. The molecule has 0 aromatic heterocycles. The first-order chi connectivity index (χ1) is 11.6. The molecular weight excluding hydrogens is 331 g/mol. The van der Waals surface area contributed by atoms with Gasteiger partial charge in [0.05, 0.1) is 11.6 Å². The highest BCUT2D eigenvalue weighted by atomic mass is 19.4. The molecule has 1 N–H and O–H groups in total. The van der Waals surface area contributed by atoms with Gasteiger partial charge < -0.3 is 0 Å². The minimum absolute atomic E-state index is 0.0494. The van der Waals surface area contributed by atoms with Gasteiger partial charge in [-0.25, -0.2) is 0 Å². The zero-order valence-corrected chi connectivity index (χ0v) is 13.7. The van der Waals surface area contributed by atoms with Crippen molar-refractivity contribution in [3.8, 4) is 6.07 Å². The fourth-order valence-electron chi connectivity index (χ4n) is 3.34. The highest BCUT2D eigenvalue weighted by Gasteiger charge is 2.54. The summed E-state index contributed by atoms with van der Waals surface area (Å²) >= 11 is 0. The van der Waals surface area contributed by atoms with Crippen molar-refractivity contribution in [1.82, 2.24) is 10.4 Å². The van der Waals surface area contributed by atoms with Gasteiger partial charge in [0.1, 0.15) is 0 Å². The number of rotatable bonds is 2. The molecule has 1 saturated heterocycles. The van der Waals surface area contributed by atoms with Gasteiger partial charge in [-0.2, -0.15) is 23.4 Å². The van der Waals surface area contributed by atoms with Crippen molar-refractivity contribution in [2.45, 2.75) is 38.0 Å². The third-order valence-electron chi connectivity index (χ3n) is 4.42. The third kappa shape index (κ3) is 2.94. The van der Waals surface area contributed by atoms with E-state index in [4.69, 9.17) is 0 Å². The number of amides is 1. The fourth-order valence-corrected chi connectivity index (χ4v) is 3.34. The quantitative estimate of drug-likeness (QED) is 0.898. The summed E-state index contributed by atoms with van der Waals surface area (Å²) in [5, 5.41) is 11.3. The van der Waals surface area contributed by atoms with Crippen LogP contribution in [0.25, 0.3) is 10.8 Å². The molecule has 1 heterocycles. The van der Waals surface area contributed by atoms with Crippen LogP contribution < -0.4 is 5.43 Å². The van der Waals surface area contributed by atoms with Gasteiger partial charge in [0.15, 0.2) is 6.04 Å². The molecule has 0 saturated carbocycles. The molecule has 3 rings (SSSR count). The highest BCUT2D eigenvalue weighted by Crippen LogP contribution is 2.45. The molecule has 1 aliphatic heterocycles. The Labute approximate surface area is 142 Å². The number of benzene rings is 2. The van der Waals surface area contributed by atoms with Gasteiger partial charge in [0, 0.05) is 17.5 Å². The van der Waals surface area contributed by atoms with Gasteiger partial charge in [0.2, 0.25) is 5.91 Å². The Kier molecular flexibility index (Phi) is 3.96. The number of carbonyl (C=O) groups excluding carboxylic acids is 1. The van der Waals surface area contributed by atoms with Crippen LogP contribution in [0.1, 0.15) is 37.4 Å². The maximum Gasteiger partial charge on any atom is 0.409 e. The molecule has 2 aromatic carbocycles. The van der Waals surface area contributed by atoms with E-state index >= 15 is 0 Å². The second-order valence-electron chi connectivity index (χ2n) is 6.70. The fraction of sp³-hybridized carbons (Fsp3) is 0.333. The Hall–Kier alpha value is -2.59. The average Bonchev–Trinajstić information content (AvgIpc) is 2.78. The number of nitrogens with one attached hydrogen (secondary N) is 1. The summed E-state index contributed by atoms with van der Waals surface area (Å²) in [5.41, 5.74) is 1.10. The lowest BCUT2D eigenvalue weighted by molar-refractivity contribution is -0.203. The van der Waals surface area contributed by atoms with E-state index in [2.05, 4.69) is 5.43 Å². The van der Waals surface area contributed by atoms with Crippen LogP contribution in [0.15, 0.2) is 36.4 Å².